The van der Waals surface area contributed by atoms with Crippen LogP contribution in [0.5, 0.6) is 0 Å². The molecule has 1 aliphatic rings. The molecule has 0 bridgehead atoms. The fraction of sp³-hybridized carbons (Fsp3) is 0.333. The molecule has 0 saturated heterocycles. The summed E-state index contributed by atoms with van der Waals surface area (Å²) in [6.45, 7) is 0.0616. The quantitative estimate of drug-likeness (QED) is 0.854. The molecule has 1 saturated carbocycles. The number of amides is 1. The first-order chi connectivity index (χ1) is 12.4. The summed E-state index contributed by atoms with van der Waals surface area (Å²) >= 11 is 0. The van der Waals surface area contributed by atoms with Crippen LogP contribution in [-0.2, 0) is 5.41 Å². The summed E-state index contributed by atoms with van der Waals surface area (Å²) in [6.07, 6.45) is 4.81. The Kier molecular flexibility index (Phi) is 4.92. The number of aromatic carboxylic acids is 1. The highest BCUT2D eigenvalue weighted by Crippen LogP contribution is 2.42. The Morgan fingerprint density at radius 2 is 1.65 bits per heavy atom. The van der Waals surface area contributed by atoms with Gasteiger partial charge >= 0.3 is 5.97 Å². The zero-order valence-electron chi connectivity index (χ0n) is 13.8. The molecule has 0 spiro atoms. The average molecular weight is 361 g/mol. The Bertz CT molecular complexity index is 814. The average Bonchev–Trinajstić information content (AvgIpc) is 3.09. The van der Waals surface area contributed by atoms with Crippen LogP contribution >= 0.6 is 0 Å². The Morgan fingerprint density at radius 3 is 2.19 bits per heavy atom. The van der Waals surface area contributed by atoms with Gasteiger partial charge in [-0.1, -0.05) is 18.9 Å². The molecular weight excluding hydrogens is 344 g/mol. The molecular formula is C18H17F2N3O3. The van der Waals surface area contributed by atoms with Crippen LogP contribution in [0.3, 0.4) is 0 Å². The summed E-state index contributed by atoms with van der Waals surface area (Å²) in [5, 5.41) is 11.5. The smallest absolute Gasteiger partial charge is 0.356 e. The van der Waals surface area contributed by atoms with Gasteiger partial charge in [0.05, 0.1) is 12.4 Å². The van der Waals surface area contributed by atoms with Gasteiger partial charge in [0.2, 0.25) is 0 Å². The summed E-state index contributed by atoms with van der Waals surface area (Å²) in [7, 11) is 0. The predicted molar refractivity (Wildman–Crippen MR) is 87.8 cm³/mol. The van der Waals surface area contributed by atoms with Gasteiger partial charge in [0.1, 0.15) is 17.3 Å². The Balaban J connectivity index is 1.79. The molecule has 0 atom stereocenters. The van der Waals surface area contributed by atoms with E-state index in [1.807, 2.05) is 0 Å². The molecule has 2 N–H and O–H groups in total. The highest BCUT2D eigenvalue weighted by atomic mass is 19.1. The molecule has 3 rings (SSSR count). The number of halogens is 2. The van der Waals surface area contributed by atoms with Crippen molar-refractivity contribution in [1.29, 1.82) is 0 Å². The van der Waals surface area contributed by atoms with Gasteiger partial charge in [-0.2, -0.15) is 0 Å². The van der Waals surface area contributed by atoms with E-state index in [2.05, 4.69) is 15.3 Å². The lowest BCUT2D eigenvalue weighted by Gasteiger charge is -2.30. The van der Waals surface area contributed by atoms with Gasteiger partial charge in [-0.25, -0.2) is 23.5 Å². The number of carbonyl (C=O) groups is 2. The number of nitrogens with one attached hydrogen (secondary N) is 1. The zero-order valence-corrected chi connectivity index (χ0v) is 13.8. The molecule has 8 heteroatoms. The minimum atomic E-state index is -1.25. The number of nitrogens with zero attached hydrogens (tertiary/aromatic N) is 2. The van der Waals surface area contributed by atoms with Crippen LogP contribution in [0.2, 0.25) is 0 Å². The summed E-state index contributed by atoms with van der Waals surface area (Å²) in [4.78, 5) is 30.5. The van der Waals surface area contributed by atoms with Crippen molar-refractivity contribution < 1.29 is 23.5 Å². The fourth-order valence-electron chi connectivity index (χ4n) is 3.47. The van der Waals surface area contributed by atoms with Crippen molar-refractivity contribution in [1.82, 2.24) is 15.3 Å². The SMILES string of the molecule is O=C(O)c1cnc(C(=O)NCC2(c3c(F)cccc3F)CCCC2)cn1. The van der Waals surface area contributed by atoms with Crippen molar-refractivity contribution in [3.63, 3.8) is 0 Å². The van der Waals surface area contributed by atoms with Crippen molar-refractivity contribution in [2.75, 3.05) is 6.54 Å². The van der Waals surface area contributed by atoms with E-state index in [4.69, 9.17) is 5.11 Å². The molecule has 1 aromatic carbocycles. The highest BCUT2D eigenvalue weighted by Gasteiger charge is 2.40. The van der Waals surface area contributed by atoms with Crippen LogP contribution in [-0.4, -0.2) is 33.5 Å². The molecule has 0 radical (unpaired) electrons. The fourth-order valence-corrected chi connectivity index (χ4v) is 3.47. The van der Waals surface area contributed by atoms with E-state index in [-0.39, 0.29) is 23.5 Å². The van der Waals surface area contributed by atoms with E-state index in [1.54, 1.807) is 0 Å². The van der Waals surface area contributed by atoms with Gasteiger partial charge in [0.15, 0.2) is 5.69 Å². The van der Waals surface area contributed by atoms with E-state index in [0.717, 1.165) is 25.2 Å². The lowest BCUT2D eigenvalue weighted by atomic mass is 9.78. The first-order valence-electron chi connectivity index (χ1n) is 8.21. The van der Waals surface area contributed by atoms with Crippen molar-refractivity contribution >= 4 is 11.9 Å². The molecule has 0 unspecified atom stereocenters. The third kappa shape index (κ3) is 3.40. The summed E-state index contributed by atoms with van der Waals surface area (Å²) < 4.78 is 28.6. The Morgan fingerprint density at radius 1 is 1.08 bits per heavy atom. The number of hydrogen-bond acceptors (Lipinski definition) is 4. The molecule has 0 aliphatic heterocycles. The van der Waals surface area contributed by atoms with Crippen LogP contribution in [0.25, 0.3) is 0 Å². The first kappa shape index (κ1) is 17.9. The number of carboxylic acids is 1. The van der Waals surface area contributed by atoms with E-state index in [9.17, 15) is 18.4 Å². The van der Waals surface area contributed by atoms with Gasteiger partial charge in [-0.05, 0) is 25.0 Å². The number of aromatic nitrogens is 2. The van der Waals surface area contributed by atoms with Crippen molar-refractivity contribution in [2.24, 2.45) is 0 Å². The monoisotopic (exact) mass is 361 g/mol. The van der Waals surface area contributed by atoms with Gasteiger partial charge in [-0.15, -0.1) is 0 Å². The molecule has 1 aromatic heterocycles. The van der Waals surface area contributed by atoms with Gasteiger partial charge < -0.3 is 10.4 Å². The van der Waals surface area contributed by atoms with Gasteiger partial charge in [0.25, 0.3) is 5.91 Å². The minimum Gasteiger partial charge on any atom is -0.476 e. The highest BCUT2D eigenvalue weighted by molar-refractivity contribution is 5.92. The van der Waals surface area contributed by atoms with Gasteiger partial charge in [-0.3, -0.25) is 4.79 Å². The standard InChI is InChI=1S/C18H17F2N3O3/c19-11-4-3-5-12(20)15(11)18(6-1-2-7-18)10-23-16(24)13-8-22-14(9-21-13)17(25)26/h3-5,8-9H,1-2,6-7,10H2,(H,23,24)(H,25,26). The lowest BCUT2D eigenvalue weighted by molar-refractivity contribution is 0.0689. The summed E-state index contributed by atoms with van der Waals surface area (Å²) in [6, 6.07) is 3.75. The van der Waals surface area contributed by atoms with E-state index >= 15 is 0 Å². The van der Waals surface area contributed by atoms with E-state index < -0.39 is 28.9 Å². The molecule has 1 amide bonds. The summed E-state index contributed by atoms with van der Waals surface area (Å²) in [5.41, 5.74) is -1.14. The van der Waals surface area contributed by atoms with Crippen LogP contribution in [0.15, 0.2) is 30.6 Å². The molecule has 6 nitrogen and oxygen atoms in total. The molecule has 1 aliphatic carbocycles. The number of hydrogen-bond donors (Lipinski definition) is 2. The largest absolute Gasteiger partial charge is 0.476 e. The van der Waals surface area contributed by atoms with Crippen molar-refractivity contribution in [2.45, 2.75) is 31.1 Å². The van der Waals surface area contributed by atoms with E-state index in [0.29, 0.717) is 12.8 Å². The normalized spacial score (nSPS) is 15.6. The van der Waals surface area contributed by atoms with Crippen LogP contribution in [0.4, 0.5) is 8.78 Å². The number of carboxylic acid groups (broad SMARTS) is 1. The lowest BCUT2D eigenvalue weighted by Crippen LogP contribution is -2.40. The molecule has 1 heterocycles. The maximum absolute atomic E-state index is 14.3. The maximum atomic E-state index is 14.3. The number of rotatable bonds is 5. The van der Waals surface area contributed by atoms with E-state index in [1.165, 1.54) is 18.2 Å². The molecule has 136 valence electrons. The molecule has 1 fully saturated rings. The second kappa shape index (κ2) is 7.15. The predicted octanol–water partition coefficient (Wildman–Crippen LogP) is 2.69. The third-order valence-electron chi connectivity index (χ3n) is 4.74. The van der Waals surface area contributed by atoms with Gasteiger partial charge in [0, 0.05) is 17.5 Å². The van der Waals surface area contributed by atoms with Crippen molar-refractivity contribution in [3.8, 4) is 0 Å². The zero-order chi connectivity index (χ0) is 18.7. The third-order valence-corrected chi connectivity index (χ3v) is 4.74. The Hall–Kier alpha value is -2.90. The van der Waals surface area contributed by atoms with Crippen LogP contribution in [0, 0.1) is 11.6 Å². The van der Waals surface area contributed by atoms with Crippen LogP contribution in [0.1, 0.15) is 52.2 Å². The minimum absolute atomic E-state index is 0.00473. The maximum Gasteiger partial charge on any atom is 0.356 e. The van der Waals surface area contributed by atoms with Crippen LogP contribution < -0.4 is 5.32 Å². The van der Waals surface area contributed by atoms with Crippen molar-refractivity contribution in [3.05, 3.63) is 59.2 Å². The second-order valence-electron chi connectivity index (χ2n) is 6.36. The molecule has 26 heavy (non-hydrogen) atoms. The number of benzene rings is 1. The Labute approximate surface area is 148 Å². The first-order valence-corrected chi connectivity index (χ1v) is 8.21. The second-order valence-corrected chi connectivity index (χ2v) is 6.36. The topological polar surface area (TPSA) is 92.2 Å². The summed E-state index contributed by atoms with van der Waals surface area (Å²) in [5.74, 6) is -3.06. The molecule has 2 aromatic rings. The number of carbonyl (C=O) groups excluding carboxylic acids is 1.